The number of hydrogen-bond acceptors (Lipinski definition) is 5. The maximum absolute atomic E-state index is 12.6. The van der Waals surface area contributed by atoms with Crippen LogP contribution in [0.3, 0.4) is 0 Å². The zero-order valence-electron chi connectivity index (χ0n) is 18.8. The molecule has 1 fully saturated rings. The molecule has 0 spiro atoms. The highest BCUT2D eigenvalue weighted by atomic mass is 35.5. The minimum Gasteiger partial charge on any atom is -0.303 e. The van der Waals surface area contributed by atoms with E-state index < -0.39 is 21.3 Å². The largest absolute Gasteiger partial charge is 0.303 e. The summed E-state index contributed by atoms with van der Waals surface area (Å²) in [5.41, 5.74) is 0.991. The van der Waals surface area contributed by atoms with Gasteiger partial charge in [0.25, 0.3) is 15.9 Å². The molecule has 1 saturated carbocycles. The monoisotopic (exact) mass is 487 g/mol. The van der Waals surface area contributed by atoms with Gasteiger partial charge in [-0.25, -0.2) is 12.7 Å². The second-order valence-corrected chi connectivity index (χ2v) is 10.7. The average Bonchev–Trinajstić information content (AvgIpc) is 3.02. The molecule has 2 aromatic carbocycles. The van der Waals surface area contributed by atoms with Crippen LogP contribution >= 0.6 is 12.4 Å². The maximum atomic E-state index is 12.6. The lowest BCUT2D eigenvalue weighted by Crippen LogP contribution is -2.40. The Labute approximate surface area is 202 Å². The first-order chi connectivity index (χ1) is 15.4. The average molecular weight is 488 g/mol. The van der Waals surface area contributed by atoms with Crippen LogP contribution in [0, 0.1) is 11.3 Å². The summed E-state index contributed by atoms with van der Waals surface area (Å²) >= 11 is 0. The topological polar surface area (TPSA) is 81.5 Å². The molecule has 1 amide bonds. The molecule has 0 unspecified atom stereocenters. The number of rotatable bonds is 7. The van der Waals surface area contributed by atoms with E-state index in [-0.39, 0.29) is 29.4 Å². The molecule has 2 aromatic rings. The van der Waals surface area contributed by atoms with Crippen LogP contribution in [0.5, 0.6) is 0 Å². The van der Waals surface area contributed by atoms with Gasteiger partial charge in [0.05, 0.1) is 17.0 Å². The summed E-state index contributed by atoms with van der Waals surface area (Å²) in [6.07, 6.45) is 5.07. The van der Waals surface area contributed by atoms with E-state index in [1.165, 1.54) is 6.07 Å². The SMILES string of the molecule is CN(CCCCN1C(=O)c2ccccc2S1(=O)=O)C1CCC(C#N)(c2ccccc2)CC1.Cl. The molecular formula is C25H30ClN3O3S. The number of halogens is 1. The van der Waals surface area contributed by atoms with Crippen molar-refractivity contribution in [3.8, 4) is 6.07 Å². The number of unbranched alkanes of at least 4 members (excludes halogenated alkanes) is 1. The van der Waals surface area contributed by atoms with Gasteiger partial charge in [-0.15, -0.1) is 12.4 Å². The van der Waals surface area contributed by atoms with E-state index in [1.54, 1.807) is 18.2 Å². The quantitative estimate of drug-likeness (QED) is 0.541. The van der Waals surface area contributed by atoms with Crippen LogP contribution in [0.25, 0.3) is 0 Å². The fourth-order valence-corrected chi connectivity index (χ4v) is 6.62. The molecular weight excluding hydrogens is 458 g/mol. The van der Waals surface area contributed by atoms with Gasteiger partial charge >= 0.3 is 0 Å². The van der Waals surface area contributed by atoms with Crippen LogP contribution in [0.15, 0.2) is 59.5 Å². The predicted molar refractivity (Wildman–Crippen MR) is 130 cm³/mol. The molecule has 1 heterocycles. The van der Waals surface area contributed by atoms with Gasteiger partial charge in [0, 0.05) is 12.6 Å². The van der Waals surface area contributed by atoms with Crippen molar-refractivity contribution in [2.75, 3.05) is 20.1 Å². The third kappa shape index (κ3) is 4.79. The number of carbonyl (C=O) groups excluding carboxylic acids is 1. The molecule has 1 aliphatic carbocycles. The molecule has 176 valence electrons. The van der Waals surface area contributed by atoms with Crippen molar-refractivity contribution in [2.24, 2.45) is 0 Å². The van der Waals surface area contributed by atoms with E-state index in [9.17, 15) is 18.5 Å². The molecule has 0 atom stereocenters. The Morgan fingerprint density at radius 3 is 2.33 bits per heavy atom. The molecule has 4 rings (SSSR count). The first kappa shape index (κ1) is 25.2. The van der Waals surface area contributed by atoms with E-state index in [0.29, 0.717) is 12.5 Å². The van der Waals surface area contributed by atoms with Gasteiger partial charge in [0.2, 0.25) is 0 Å². The molecule has 6 nitrogen and oxygen atoms in total. The number of sulfonamides is 1. The standard InChI is InChI=1S/C25H29N3O3S.ClH/c1-27(21-13-15-25(19-26,16-14-21)20-9-3-2-4-10-20)17-7-8-18-28-24(29)22-11-5-6-12-23(22)32(28,30)31;/h2-6,9-12,21H,7-8,13-18H2,1H3;1H. The Balaban J connectivity index is 0.00000306. The molecule has 0 aromatic heterocycles. The number of benzene rings is 2. The predicted octanol–water partition coefficient (Wildman–Crippen LogP) is 4.37. The zero-order valence-corrected chi connectivity index (χ0v) is 20.4. The fourth-order valence-electron chi connectivity index (χ4n) is 5.01. The molecule has 0 radical (unpaired) electrons. The van der Waals surface area contributed by atoms with Crippen LogP contribution in [0.1, 0.15) is 54.4 Å². The third-order valence-corrected chi connectivity index (χ3v) is 8.85. The Hall–Kier alpha value is -2.40. The summed E-state index contributed by atoms with van der Waals surface area (Å²) in [5.74, 6) is -0.421. The van der Waals surface area contributed by atoms with Crippen molar-refractivity contribution in [1.82, 2.24) is 9.21 Å². The lowest BCUT2D eigenvalue weighted by Gasteiger charge is -2.39. The van der Waals surface area contributed by atoms with E-state index >= 15 is 0 Å². The van der Waals surface area contributed by atoms with Crippen LogP contribution in [0.2, 0.25) is 0 Å². The number of amides is 1. The second-order valence-electron chi connectivity index (χ2n) is 8.86. The molecule has 2 aliphatic rings. The van der Waals surface area contributed by atoms with Crippen molar-refractivity contribution in [3.63, 3.8) is 0 Å². The van der Waals surface area contributed by atoms with Gasteiger partial charge in [-0.2, -0.15) is 5.26 Å². The van der Waals surface area contributed by atoms with Gasteiger partial charge in [0.15, 0.2) is 0 Å². The Kier molecular flexibility index (Phi) is 7.84. The van der Waals surface area contributed by atoms with E-state index in [0.717, 1.165) is 48.5 Å². The fraction of sp³-hybridized carbons (Fsp3) is 0.440. The number of nitrogens with zero attached hydrogens (tertiary/aromatic N) is 3. The Morgan fingerprint density at radius 1 is 1.06 bits per heavy atom. The summed E-state index contributed by atoms with van der Waals surface area (Å²) in [4.78, 5) is 14.9. The van der Waals surface area contributed by atoms with Crippen molar-refractivity contribution in [2.45, 2.75) is 54.9 Å². The molecule has 1 aliphatic heterocycles. The first-order valence-corrected chi connectivity index (χ1v) is 12.7. The van der Waals surface area contributed by atoms with Crippen molar-refractivity contribution in [1.29, 1.82) is 5.26 Å². The van der Waals surface area contributed by atoms with Crippen molar-refractivity contribution in [3.05, 3.63) is 65.7 Å². The summed E-state index contributed by atoms with van der Waals surface area (Å²) in [7, 11) is -1.62. The summed E-state index contributed by atoms with van der Waals surface area (Å²) in [5, 5.41) is 9.88. The minimum absolute atomic E-state index is 0. The molecule has 8 heteroatoms. The van der Waals surface area contributed by atoms with Crippen LogP contribution in [0.4, 0.5) is 0 Å². The first-order valence-electron chi connectivity index (χ1n) is 11.2. The van der Waals surface area contributed by atoms with Crippen LogP contribution < -0.4 is 0 Å². The number of fused-ring (bicyclic) bond motifs is 1. The summed E-state index contributed by atoms with van der Waals surface area (Å²) in [6, 6.07) is 19.5. The van der Waals surface area contributed by atoms with Gasteiger partial charge in [0.1, 0.15) is 4.90 Å². The normalized spacial score (nSPS) is 23.6. The number of hydrogen-bond donors (Lipinski definition) is 0. The van der Waals surface area contributed by atoms with E-state index in [2.05, 4.69) is 30.1 Å². The smallest absolute Gasteiger partial charge is 0.269 e. The Morgan fingerprint density at radius 2 is 1.70 bits per heavy atom. The Bertz CT molecular complexity index is 1120. The highest BCUT2D eigenvalue weighted by Crippen LogP contribution is 2.40. The van der Waals surface area contributed by atoms with Crippen LogP contribution in [-0.2, 0) is 15.4 Å². The van der Waals surface area contributed by atoms with Gasteiger partial charge < -0.3 is 4.90 Å². The lowest BCUT2D eigenvalue weighted by atomic mass is 9.69. The highest BCUT2D eigenvalue weighted by Gasteiger charge is 2.40. The van der Waals surface area contributed by atoms with Crippen LogP contribution in [-0.4, -0.2) is 49.7 Å². The maximum Gasteiger partial charge on any atom is 0.269 e. The van der Waals surface area contributed by atoms with Gasteiger partial charge in [-0.1, -0.05) is 42.5 Å². The number of nitriles is 1. The van der Waals surface area contributed by atoms with Crippen molar-refractivity contribution < 1.29 is 13.2 Å². The molecule has 0 saturated heterocycles. The highest BCUT2D eigenvalue weighted by molar-refractivity contribution is 7.90. The molecule has 0 N–H and O–H groups in total. The minimum atomic E-state index is -3.72. The summed E-state index contributed by atoms with van der Waals surface area (Å²) in [6.45, 7) is 1.05. The number of carbonyl (C=O) groups is 1. The lowest BCUT2D eigenvalue weighted by molar-refractivity contribution is 0.0868. The van der Waals surface area contributed by atoms with Gasteiger partial charge in [-0.05, 0) is 69.8 Å². The third-order valence-electron chi connectivity index (χ3n) is 7.01. The zero-order chi connectivity index (χ0) is 22.8. The second kappa shape index (κ2) is 10.3. The molecule has 33 heavy (non-hydrogen) atoms. The van der Waals surface area contributed by atoms with Crippen molar-refractivity contribution >= 4 is 28.3 Å². The van der Waals surface area contributed by atoms with E-state index in [1.807, 2.05) is 18.2 Å². The molecule has 0 bridgehead atoms. The van der Waals surface area contributed by atoms with E-state index in [4.69, 9.17) is 0 Å². The summed E-state index contributed by atoms with van der Waals surface area (Å²) < 4.78 is 26.3. The van der Waals surface area contributed by atoms with Gasteiger partial charge in [-0.3, -0.25) is 4.79 Å².